The van der Waals surface area contributed by atoms with E-state index in [-0.39, 0.29) is 5.97 Å². The molecule has 2 heterocycles. The highest BCUT2D eigenvalue weighted by atomic mass is 32.2. The van der Waals surface area contributed by atoms with E-state index in [2.05, 4.69) is 16.9 Å². The van der Waals surface area contributed by atoms with Crippen LogP contribution in [0.4, 0.5) is 5.82 Å². The maximum Gasteiger partial charge on any atom is 0.315 e. The van der Waals surface area contributed by atoms with Gasteiger partial charge in [0.05, 0.1) is 23.5 Å². The Morgan fingerprint density at radius 3 is 3.09 bits per heavy atom. The van der Waals surface area contributed by atoms with E-state index in [1.54, 1.807) is 18.3 Å². The van der Waals surface area contributed by atoms with E-state index in [1.165, 1.54) is 28.6 Å². The second-order valence-electron chi connectivity index (χ2n) is 5.85. The van der Waals surface area contributed by atoms with Crippen LogP contribution in [-0.2, 0) is 28.1 Å². The third kappa shape index (κ3) is 3.61. The number of esters is 1. The molecule has 0 saturated heterocycles. The van der Waals surface area contributed by atoms with Crippen LogP contribution in [0.25, 0.3) is 10.2 Å². The second-order valence-corrected chi connectivity index (χ2v) is 7.92. The fraction of sp³-hybridized carbons (Fsp3) is 0.562. The van der Waals surface area contributed by atoms with E-state index in [4.69, 9.17) is 10.5 Å². The molecule has 5 nitrogen and oxygen atoms in total. The van der Waals surface area contributed by atoms with Gasteiger partial charge < -0.3 is 10.5 Å². The van der Waals surface area contributed by atoms with Gasteiger partial charge in [-0.2, -0.15) is 0 Å². The van der Waals surface area contributed by atoms with E-state index in [0.717, 1.165) is 29.0 Å². The Labute approximate surface area is 144 Å². The van der Waals surface area contributed by atoms with Crippen molar-refractivity contribution >= 4 is 45.1 Å². The molecular formula is C16H21N3O2S2. The Morgan fingerprint density at radius 1 is 1.48 bits per heavy atom. The lowest BCUT2D eigenvalue weighted by molar-refractivity contribution is -0.139. The minimum absolute atomic E-state index is 0.202. The molecule has 0 aliphatic heterocycles. The van der Waals surface area contributed by atoms with Crippen LogP contribution in [-0.4, -0.2) is 28.3 Å². The molecule has 1 aliphatic rings. The molecule has 0 amide bonds. The number of aryl methyl sites for hydroxylation is 1. The quantitative estimate of drug-likeness (QED) is 0.834. The minimum Gasteiger partial charge on any atom is -0.465 e. The summed E-state index contributed by atoms with van der Waals surface area (Å²) in [7, 11) is 0. The number of rotatable bonds is 5. The van der Waals surface area contributed by atoms with Gasteiger partial charge in [-0.25, -0.2) is 9.97 Å². The van der Waals surface area contributed by atoms with Gasteiger partial charge in [0.2, 0.25) is 0 Å². The van der Waals surface area contributed by atoms with Crippen LogP contribution in [0.1, 0.15) is 36.5 Å². The Bertz CT molecular complexity index is 730. The number of thiophene rings is 1. The summed E-state index contributed by atoms with van der Waals surface area (Å²) in [6.45, 7) is 4.51. The number of hydrogen-bond donors (Lipinski definition) is 1. The van der Waals surface area contributed by atoms with Crippen molar-refractivity contribution in [2.75, 3.05) is 18.1 Å². The van der Waals surface area contributed by atoms with Gasteiger partial charge in [0, 0.05) is 4.88 Å². The second kappa shape index (κ2) is 7.05. The largest absolute Gasteiger partial charge is 0.465 e. The van der Waals surface area contributed by atoms with Crippen molar-refractivity contribution in [3.05, 3.63) is 16.3 Å². The average molecular weight is 351 g/mol. The van der Waals surface area contributed by atoms with Crippen LogP contribution in [0.2, 0.25) is 0 Å². The van der Waals surface area contributed by atoms with Gasteiger partial charge in [0.15, 0.2) is 0 Å². The highest BCUT2D eigenvalue weighted by molar-refractivity contribution is 7.99. The van der Waals surface area contributed by atoms with Gasteiger partial charge in [-0.15, -0.1) is 23.1 Å². The molecule has 0 aromatic carbocycles. The van der Waals surface area contributed by atoms with Crippen LogP contribution in [0.3, 0.4) is 0 Å². The third-order valence-corrected chi connectivity index (χ3v) is 6.04. The lowest BCUT2D eigenvalue weighted by Gasteiger charge is -2.17. The fourth-order valence-corrected chi connectivity index (χ4v) is 4.98. The van der Waals surface area contributed by atoms with Crippen LogP contribution >= 0.6 is 23.1 Å². The number of anilines is 1. The molecule has 1 aliphatic carbocycles. The van der Waals surface area contributed by atoms with Gasteiger partial charge in [-0.1, -0.05) is 6.92 Å². The van der Waals surface area contributed by atoms with Gasteiger partial charge in [0.25, 0.3) is 0 Å². The molecule has 0 bridgehead atoms. The Hall–Kier alpha value is -1.34. The van der Waals surface area contributed by atoms with Crippen molar-refractivity contribution in [2.45, 2.75) is 38.9 Å². The zero-order valence-electron chi connectivity index (χ0n) is 13.4. The van der Waals surface area contributed by atoms with Gasteiger partial charge in [-0.05, 0) is 37.7 Å². The van der Waals surface area contributed by atoms with Gasteiger partial charge in [-0.3, -0.25) is 4.79 Å². The number of nitrogen functional groups attached to an aromatic ring is 1. The van der Waals surface area contributed by atoms with Crippen molar-refractivity contribution in [3.63, 3.8) is 0 Å². The highest BCUT2D eigenvalue weighted by Gasteiger charge is 2.23. The zero-order valence-corrected chi connectivity index (χ0v) is 15.1. The standard InChI is InChI=1S/C16H21N3O2S2/c1-3-21-13(20)8-22-7-12-18-15(17)14-10-5-4-9(2)6-11(10)23-16(14)19-12/h9H,3-8H2,1-2H3,(H2,17,18,19). The third-order valence-electron chi connectivity index (χ3n) is 3.99. The summed E-state index contributed by atoms with van der Waals surface area (Å²) in [5, 5.41) is 1.05. The molecule has 7 heteroatoms. The summed E-state index contributed by atoms with van der Waals surface area (Å²) in [6, 6.07) is 0. The van der Waals surface area contributed by atoms with Crippen LogP contribution < -0.4 is 5.73 Å². The Balaban J connectivity index is 1.77. The monoisotopic (exact) mass is 351 g/mol. The first-order valence-corrected chi connectivity index (χ1v) is 9.85. The summed E-state index contributed by atoms with van der Waals surface area (Å²) in [5.41, 5.74) is 7.55. The molecule has 1 atom stereocenters. The first-order valence-electron chi connectivity index (χ1n) is 7.88. The maximum atomic E-state index is 11.4. The van der Waals surface area contributed by atoms with E-state index < -0.39 is 0 Å². The van der Waals surface area contributed by atoms with Crippen LogP contribution in [0.5, 0.6) is 0 Å². The number of hydrogen-bond acceptors (Lipinski definition) is 7. The Kier molecular flexibility index (Phi) is 5.06. The smallest absolute Gasteiger partial charge is 0.315 e. The first-order chi connectivity index (χ1) is 11.1. The lowest BCUT2D eigenvalue weighted by Crippen LogP contribution is -2.09. The number of fused-ring (bicyclic) bond motifs is 3. The van der Waals surface area contributed by atoms with Gasteiger partial charge in [0.1, 0.15) is 16.5 Å². The number of carbonyl (C=O) groups excluding carboxylic acids is 1. The van der Waals surface area contributed by atoms with Crippen LogP contribution in [0, 0.1) is 5.92 Å². The number of nitrogens with two attached hydrogens (primary N) is 1. The Morgan fingerprint density at radius 2 is 2.30 bits per heavy atom. The summed E-state index contributed by atoms with van der Waals surface area (Å²) < 4.78 is 4.92. The van der Waals surface area contributed by atoms with Crippen molar-refractivity contribution in [2.24, 2.45) is 5.92 Å². The minimum atomic E-state index is -0.202. The molecule has 0 spiro atoms. The number of aromatic nitrogens is 2. The van der Waals surface area contributed by atoms with Gasteiger partial charge >= 0.3 is 5.97 Å². The molecule has 124 valence electrons. The SMILES string of the molecule is CCOC(=O)CSCc1nc(N)c2c3c(sc2n1)CC(C)CC3. The van der Waals surface area contributed by atoms with Crippen LogP contribution in [0.15, 0.2) is 0 Å². The molecule has 3 rings (SSSR count). The molecule has 23 heavy (non-hydrogen) atoms. The number of thioether (sulfide) groups is 1. The summed E-state index contributed by atoms with van der Waals surface area (Å²) in [5.74, 6) is 2.67. The van der Waals surface area contributed by atoms with Crippen molar-refractivity contribution < 1.29 is 9.53 Å². The molecule has 2 aromatic heterocycles. The molecule has 2 aromatic rings. The van der Waals surface area contributed by atoms with E-state index in [9.17, 15) is 4.79 Å². The first kappa shape index (κ1) is 16.5. The van der Waals surface area contributed by atoms with Crippen molar-refractivity contribution in [1.29, 1.82) is 0 Å². The predicted octanol–water partition coefficient (Wildman–Crippen LogP) is 3.19. The average Bonchev–Trinajstić information content (AvgIpc) is 2.85. The molecule has 0 fully saturated rings. The highest BCUT2D eigenvalue weighted by Crippen LogP contribution is 2.39. The predicted molar refractivity (Wildman–Crippen MR) is 95.8 cm³/mol. The summed E-state index contributed by atoms with van der Waals surface area (Å²) in [4.78, 5) is 22.9. The zero-order chi connectivity index (χ0) is 16.4. The summed E-state index contributed by atoms with van der Waals surface area (Å²) >= 11 is 3.20. The lowest BCUT2D eigenvalue weighted by atomic mass is 9.89. The summed E-state index contributed by atoms with van der Waals surface area (Å²) in [6.07, 6.45) is 3.39. The van der Waals surface area contributed by atoms with E-state index in [1.807, 2.05) is 0 Å². The molecule has 1 unspecified atom stereocenters. The van der Waals surface area contributed by atoms with E-state index in [0.29, 0.717) is 29.8 Å². The number of nitrogens with zero attached hydrogens (tertiary/aromatic N) is 2. The van der Waals surface area contributed by atoms with Crippen molar-refractivity contribution in [3.8, 4) is 0 Å². The number of ether oxygens (including phenoxy) is 1. The molecule has 2 N–H and O–H groups in total. The number of carbonyl (C=O) groups is 1. The normalized spacial score (nSPS) is 17.2. The molecular weight excluding hydrogens is 330 g/mol. The molecule has 0 radical (unpaired) electrons. The van der Waals surface area contributed by atoms with Crippen molar-refractivity contribution in [1.82, 2.24) is 9.97 Å². The van der Waals surface area contributed by atoms with E-state index >= 15 is 0 Å². The topological polar surface area (TPSA) is 78.1 Å². The molecule has 0 saturated carbocycles. The maximum absolute atomic E-state index is 11.4. The fourth-order valence-electron chi connectivity index (χ4n) is 2.91.